The van der Waals surface area contributed by atoms with E-state index in [0.717, 1.165) is 22.3 Å². The fourth-order valence-electron chi connectivity index (χ4n) is 4.28. The van der Waals surface area contributed by atoms with Crippen molar-refractivity contribution in [1.29, 1.82) is 0 Å². The van der Waals surface area contributed by atoms with Crippen molar-refractivity contribution in [2.45, 2.75) is 38.3 Å². The summed E-state index contributed by atoms with van der Waals surface area (Å²) < 4.78 is 5.56. The molecule has 2 aromatic rings. The molecular formula is C26H33N3O5. The maximum absolute atomic E-state index is 12.9. The first-order valence-corrected chi connectivity index (χ1v) is 11.5. The number of nitrogens with zero attached hydrogens (tertiary/aromatic N) is 1. The van der Waals surface area contributed by atoms with E-state index in [-0.39, 0.29) is 25.0 Å². The molecule has 0 aliphatic heterocycles. The molecule has 3 rings (SSSR count). The van der Waals surface area contributed by atoms with Crippen molar-refractivity contribution in [3.05, 3.63) is 59.7 Å². The standard InChI is InChI=1S/C26H33N3O5/c1-5-16(2)23(25(31)32)28-24(30)22(14-29(3)4)27-26(33)34-15-21-19-12-8-6-10-17(19)18-11-7-9-13-20(18)21/h6-13,16,21-23H,5,14-15H2,1-4H3,(H,27,33)(H,28,30)(H,31,32)/t16?,22?,23-/m0/s1. The number of rotatable bonds is 10. The molecule has 2 aromatic carbocycles. The van der Waals surface area contributed by atoms with Gasteiger partial charge in [-0.15, -0.1) is 0 Å². The minimum Gasteiger partial charge on any atom is -0.480 e. The molecular weight excluding hydrogens is 434 g/mol. The molecule has 0 saturated heterocycles. The zero-order chi connectivity index (χ0) is 24.8. The summed E-state index contributed by atoms with van der Waals surface area (Å²) in [4.78, 5) is 38.9. The van der Waals surface area contributed by atoms with Crippen molar-refractivity contribution >= 4 is 18.0 Å². The minimum absolute atomic E-state index is 0.0962. The third-order valence-electron chi connectivity index (χ3n) is 6.28. The third kappa shape index (κ3) is 5.75. The molecule has 8 heteroatoms. The van der Waals surface area contributed by atoms with E-state index in [9.17, 15) is 19.5 Å². The molecule has 3 atom stereocenters. The highest BCUT2D eigenvalue weighted by Crippen LogP contribution is 2.44. The Bertz CT molecular complexity index is 993. The molecule has 0 bridgehead atoms. The number of carbonyl (C=O) groups is 3. The normalized spacial score (nSPS) is 15.1. The van der Waals surface area contributed by atoms with Gasteiger partial charge in [0.05, 0.1) is 0 Å². The van der Waals surface area contributed by atoms with E-state index in [0.29, 0.717) is 6.42 Å². The van der Waals surface area contributed by atoms with Gasteiger partial charge in [-0.3, -0.25) is 4.79 Å². The number of carboxylic acids is 1. The zero-order valence-corrected chi connectivity index (χ0v) is 20.1. The average Bonchev–Trinajstić information content (AvgIpc) is 3.13. The lowest BCUT2D eigenvalue weighted by Gasteiger charge is -2.26. The predicted octanol–water partition coefficient (Wildman–Crippen LogP) is 3.07. The molecule has 0 spiro atoms. The Morgan fingerprint density at radius 1 is 1.00 bits per heavy atom. The first-order valence-electron chi connectivity index (χ1n) is 11.5. The van der Waals surface area contributed by atoms with Crippen molar-refractivity contribution in [1.82, 2.24) is 15.5 Å². The quantitative estimate of drug-likeness (QED) is 0.496. The summed E-state index contributed by atoms with van der Waals surface area (Å²) in [6.07, 6.45) is -0.130. The third-order valence-corrected chi connectivity index (χ3v) is 6.28. The van der Waals surface area contributed by atoms with Crippen LogP contribution in [0.2, 0.25) is 0 Å². The molecule has 1 aliphatic carbocycles. The van der Waals surface area contributed by atoms with Gasteiger partial charge in [0.2, 0.25) is 5.91 Å². The number of hydrogen-bond donors (Lipinski definition) is 3. The first kappa shape index (κ1) is 25.2. The number of ether oxygens (including phenoxy) is 1. The topological polar surface area (TPSA) is 108 Å². The highest BCUT2D eigenvalue weighted by atomic mass is 16.5. The Morgan fingerprint density at radius 3 is 2.06 bits per heavy atom. The van der Waals surface area contributed by atoms with Crippen LogP contribution in [0.5, 0.6) is 0 Å². The number of hydrogen-bond acceptors (Lipinski definition) is 5. The van der Waals surface area contributed by atoms with E-state index in [1.165, 1.54) is 0 Å². The summed E-state index contributed by atoms with van der Waals surface area (Å²) in [6, 6.07) is 14.1. The van der Waals surface area contributed by atoms with Crippen molar-refractivity contribution in [2.24, 2.45) is 5.92 Å². The van der Waals surface area contributed by atoms with Crippen LogP contribution in [0.3, 0.4) is 0 Å². The molecule has 3 N–H and O–H groups in total. The van der Waals surface area contributed by atoms with Crippen molar-refractivity contribution in [3.8, 4) is 11.1 Å². The second kappa shape index (κ2) is 11.2. The lowest BCUT2D eigenvalue weighted by molar-refractivity contribution is -0.143. The summed E-state index contributed by atoms with van der Waals surface area (Å²) in [5.74, 6) is -2.01. The van der Waals surface area contributed by atoms with Crippen LogP contribution in [-0.4, -0.2) is 67.3 Å². The van der Waals surface area contributed by atoms with Crippen LogP contribution in [0.4, 0.5) is 4.79 Å². The molecule has 0 heterocycles. The second-order valence-corrected chi connectivity index (χ2v) is 8.99. The van der Waals surface area contributed by atoms with E-state index in [4.69, 9.17) is 4.74 Å². The van der Waals surface area contributed by atoms with Crippen LogP contribution in [-0.2, 0) is 14.3 Å². The Kier molecular flexibility index (Phi) is 8.28. The monoisotopic (exact) mass is 467 g/mol. The van der Waals surface area contributed by atoms with Crippen molar-refractivity contribution in [3.63, 3.8) is 0 Å². The maximum atomic E-state index is 12.9. The summed E-state index contributed by atoms with van der Waals surface area (Å²) in [5, 5.41) is 14.7. The molecule has 0 fully saturated rings. The molecule has 2 amide bonds. The fraction of sp³-hybridized carbons (Fsp3) is 0.423. The van der Waals surface area contributed by atoms with Crippen LogP contribution in [0, 0.1) is 5.92 Å². The van der Waals surface area contributed by atoms with Gasteiger partial charge < -0.3 is 25.4 Å². The van der Waals surface area contributed by atoms with Crippen molar-refractivity contribution in [2.75, 3.05) is 27.2 Å². The molecule has 0 radical (unpaired) electrons. The van der Waals surface area contributed by atoms with Crippen LogP contribution >= 0.6 is 0 Å². The van der Waals surface area contributed by atoms with E-state index < -0.39 is 30.1 Å². The highest BCUT2D eigenvalue weighted by molar-refractivity contribution is 5.89. The minimum atomic E-state index is -1.10. The SMILES string of the molecule is CCC(C)[C@H](NC(=O)C(CN(C)C)NC(=O)OCC1c2ccccc2-c2ccccc21)C(=O)O. The zero-order valence-electron chi connectivity index (χ0n) is 20.1. The molecule has 8 nitrogen and oxygen atoms in total. The largest absolute Gasteiger partial charge is 0.480 e. The van der Waals surface area contributed by atoms with Gasteiger partial charge in [-0.2, -0.15) is 0 Å². The summed E-state index contributed by atoms with van der Waals surface area (Å²) in [7, 11) is 3.53. The number of aliphatic carboxylic acids is 1. The van der Waals surface area contributed by atoms with Gasteiger partial charge >= 0.3 is 12.1 Å². The number of alkyl carbamates (subject to hydrolysis) is 1. The van der Waals surface area contributed by atoms with E-state index >= 15 is 0 Å². The van der Waals surface area contributed by atoms with Gasteiger partial charge in [0.1, 0.15) is 18.7 Å². The Hall–Kier alpha value is -3.39. The van der Waals surface area contributed by atoms with Gasteiger partial charge in [-0.05, 0) is 42.3 Å². The van der Waals surface area contributed by atoms with Gasteiger partial charge in [-0.25, -0.2) is 9.59 Å². The lowest BCUT2D eigenvalue weighted by Crippen LogP contribution is -2.56. The van der Waals surface area contributed by atoms with Gasteiger partial charge in [0, 0.05) is 12.5 Å². The number of carbonyl (C=O) groups excluding carboxylic acids is 2. The van der Waals surface area contributed by atoms with Gasteiger partial charge in [0.25, 0.3) is 0 Å². The second-order valence-electron chi connectivity index (χ2n) is 8.99. The molecule has 182 valence electrons. The van der Waals surface area contributed by atoms with E-state index in [1.807, 2.05) is 43.3 Å². The predicted molar refractivity (Wildman–Crippen MR) is 130 cm³/mol. The molecule has 34 heavy (non-hydrogen) atoms. The summed E-state index contributed by atoms with van der Waals surface area (Å²) >= 11 is 0. The Balaban J connectivity index is 1.67. The molecule has 0 aromatic heterocycles. The number of fused-ring (bicyclic) bond motifs is 3. The van der Waals surface area contributed by atoms with Crippen molar-refractivity contribution < 1.29 is 24.2 Å². The first-order chi connectivity index (χ1) is 16.2. The Morgan fingerprint density at radius 2 is 1.56 bits per heavy atom. The van der Waals surface area contributed by atoms with Crippen LogP contribution in [0.25, 0.3) is 11.1 Å². The molecule has 1 aliphatic rings. The lowest BCUT2D eigenvalue weighted by atomic mass is 9.98. The van der Waals surface area contributed by atoms with E-state index in [2.05, 4.69) is 22.8 Å². The van der Waals surface area contributed by atoms with Crippen LogP contribution in [0.1, 0.15) is 37.3 Å². The number of benzene rings is 2. The number of amides is 2. The average molecular weight is 468 g/mol. The highest BCUT2D eigenvalue weighted by Gasteiger charge is 2.32. The van der Waals surface area contributed by atoms with Crippen LogP contribution < -0.4 is 10.6 Å². The smallest absolute Gasteiger partial charge is 0.407 e. The van der Waals surface area contributed by atoms with Gasteiger partial charge in [-0.1, -0.05) is 68.8 Å². The molecule has 2 unspecified atom stereocenters. The number of nitrogens with one attached hydrogen (secondary N) is 2. The fourth-order valence-corrected chi connectivity index (χ4v) is 4.28. The summed E-state index contributed by atoms with van der Waals surface area (Å²) in [6.45, 7) is 3.95. The number of carboxylic acid groups (broad SMARTS) is 1. The maximum Gasteiger partial charge on any atom is 0.407 e. The van der Waals surface area contributed by atoms with Crippen LogP contribution in [0.15, 0.2) is 48.5 Å². The summed E-state index contributed by atoms with van der Waals surface area (Å²) in [5.41, 5.74) is 4.44. The van der Waals surface area contributed by atoms with Gasteiger partial charge in [0.15, 0.2) is 0 Å². The Labute approximate surface area is 200 Å². The van der Waals surface area contributed by atoms with E-state index in [1.54, 1.807) is 25.9 Å². The number of likely N-dealkylation sites (N-methyl/N-ethyl adjacent to an activating group) is 1. The molecule has 0 saturated carbocycles.